The highest BCUT2D eigenvalue weighted by molar-refractivity contribution is 8.14. The summed E-state index contributed by atoms with van der Waals surface area (Å²) in [4.78, 5) is 19.1. The Hall–Kier alpha value is -1.91. The number of carbonyl (C=O) groups is 1. The van der Waals surface area contributed by atoms with Crippen LogP contribution in [-0.2, 0) is 20.8 Å². The zero-order chi connectivity index (χ0) is 26.0. The number of hydrogen-bond acceptors (Lipinski definition) is 7. The normalized spacial score (nSPS) is 26.7. The Labute approximate surface area is 210 Å². The molecule has 35 heavy (non-hydrogen) atoms. The van der Waals surface area contributed by atoms with Gasteiger partial charge in [-0.05, 0) is 44.9 Å². The summed E-state index contributed by atoms with van der Waals surface area (Å²) in [6, 6.07) is 6.85. The Morgan fingerprint density at radius 1 is 1.20 bits per heavy atom. The van der Waals surface area contributed by atoms with Crippen LogP contribution in [0.25, 0.3) is 0 Å². The smallest absolute Gasteiger partial charge is 0.416 e. The first-order valence-electron chi connectivity index (χ1n) is 11.9. The number of fused-ring (bicyclic) bond motifs is 1. The van der Waals surface area contributed by atoms with Gasteiger partial charge in [0.15, 0.2) is 5.17 Å². The molecule has 1 amide bonds. The molecule has 1 saturated heterocycles. The van der Waals surface area contributed by atoms with Gasteiger partial charge in [0.05, 0.1) is 19.8 Å². The van der Waals surface area contributed by atoms with Crippen LogP contribution in [0.2, 0.25) is 0 Å². The fourth-order valence-corrected chi connectivity index (χ4v) is 5.38. The van der Waals surface area contributed by atoms with Gasteiger partial charge >= 0.3 is 6.09 Å². The summed E-state index contributed by atoms with van der Waals surface area (Å²) in [7, 11) is 1.59. The van der Waals surface area contributed by atoms with Gasteiger partial charge < -0.3 is 18.9 Å². The molecule has 2 heterocycles. The van der Waals surface area contributed by atoms with Gasteiger partial charge in [0, 0.05) is 19.4 Å². The Kier molecular flexibility index (Phi) is 8.70. The van der Waals surface area contributed by atoms with E-state index in [1.54, 1.807) is 34.8 Å². The molecular formula is C25H36F2N2O5S. The minimum atomic E-state index is -3.07. The second kappa shape index (κ2) is 11.0. The molecule has 3 rings (SSSR count). The molecule has 0 spiro atoms. The molecule has 5 atom stereocenters. The maximum atomic E-state index is 14.5. The van der Waals surface area contributed by atoms with Crippen molar-refractivity contribution in [2.24, 2.45) is 10.9 Å². The van der Waals surface area contributed by atoms with E-state index in [1.165, 1.54) is 16.7 Å². The van der Waals surface area contributed by atoms with Crippen molar-refractivity contribution in [3.05, 3.63) is 29.8 Å². The van der Waals surface area contributed by atoms with Crippen LogP contribution in [0.5, 0.6) is 5.75 Å². The summed E-state index contributed by atoms with van der Waals surface area (Å²) < 4.78 is 51.8. The van der Waals surface area contributed by atoms with E-state index in [4.69, 9.17) is 23.9 Å². The predicted molar refractivity (Wildman–Crippen MR) is 132 cm³/mol. The summed E-state index contributed by atoms with van der Waals surface area (Å²) in [6.45, 7) is 10.5. The van der Waals surface area contributed by atoms with Crippen molar-refractivity contribution in [2.45, 2.75) is 89.8 Å². The van der Waals surface area contributed by atoms with Crippen molar-refractivity contribution in [2.75, 3.05) is 13.7 Å². The number of rotatable bonds is 7. The number of ether oxygens (including phenoxy) is 4. The van der Waals surface area contributed by atoms with Crippen molar-refractivity contribution < 1.29 is 32.5 Å². The van der Waals surface area contributed by atoms with Gasteiger partial charge in [0.2, 0.25) is 0 Å². The van der Waals surface area contributed by atoms with Gasteiger partial charge in [-0.2, -0.15) is 0 Å². The van der Waals surface area contributed by atoms with Crippen LogP contribution in [0.4, 0.5) is 13.6 Å². The first kappa shape index (κ1) is 27.7. The van der Waals surface area contributed by atoms with Crippen LogP contribution in [-0.4, -0.2) is 65.0 Å². The fraction of sp³-hybridized carbons (Fsp3) is 0.680. The number of thioether (sulfide) groups is 1. The Morgan fingerprint density at radius 2 is 1.86 bits per heavy atom. The number of carbonyl (C=O) groups excluding carboxylic acids is 1. The molecule has 0 aliphatic carbocycles. The molecule has 0 radical (unpaired) electrons. The van der Waals surface area contributed by atoms with E-state index in [1.807, 2.05) is 31.2 Å². The Bertz CT molecular complexity index is 901. The Balaban J connectivity index is 1.85. The molecule has 196 valence electrons. The fourth-order valence-electron chi connectivity index (χ4n) is 4.17. The van der Waals surface area contributed by atoms with Gasteiger partial charge in [-0.25, -0.2) is 13.6 Å². The van der Waals surface area contributed by atoms with Crippen molar-refractivity contribution >= 4 is 23.0 Å². The average Bonchev–Trinajstić information content (AvgIpc) is 3.18. The molecular weight excluding hydrogens is 478 g/mol. The highest BCUT2D eigenvalue weighted by Gasteiger charge is 2.55. The minimum absolute atomic E-state index is 0.227. The molecule has 0 unspecified atom stereocenters. The number of benzene rings is 1. The maximum absolute atomic E-state index is 14.5. The number of amides is 1. The zero-order valence-electron chi connectivity index (χ0n) is 21.4. The standard InChI is InChI=1S/C25H36F2N2O5S/c1-8-13-29(23(30)34-24(3,4)5)22-28-18-19(32-14-16-9-11-17(31-7)12-10-16)15(2)20(25(6,26)27)33-21(18)35-22/h9-12,15,18-21H,8,13-14H2,1-7H3/t15-,18+,19-,20-,21+/m0/s1. The lowest BCUT2D eigenvalue weighted by Gasteiger charge is -2.43. The van der Waals surface area contributed by atoms with Crippen LogP contribution < -0.4 is 4.74 Å². The summed E-state index contributed by atoms with van der Waals surface area (Å²) in [5.41, 5.74) is -0.485. The highest BCUT2D eigenvalue weighted by Crippen LogP contribution is 2.45. The molecule has 1 fully saturated rings. The van der Waals surface area contributed by atoms with Crippen molar-refractivity contribution in [1.82, 2.24) is 4.90 Å². The SMILES string of the molecule is CCCN(C(=O)OC(C)(C)C)C1=N[C@@H]2[C@@H](OCc3ccc(OC)cc3)[C@H](C)[C@@H](C(C)(F)F)O[C@@H]2S1. The van der Waals surface area contributed by atoms with E-state index in [0.29, 0.717) is 18.1 Å². The highest BCUT2D eigenvalue weighted by atomic mass is 32.2. The van der Waals surface area contributed by atoms with E-state index in [-0.39, 0.29) is 6.61 Å². The molecule has 0 N–H and O–H groups in total. The lowest BCUT2D eigenvalue weighted by Crippen LogP contribution is -2.56. The molecule has 0 aromatic heterocycles. The number of amidine groups is 1. The summed E-state index contributed by atoms with van der Waals surface area (Å²) in [5, 5.41) is 0.404. The third-order valence-corrected chi connectivity index (χ3v) is 6.92. The van der Waals surface area contributed by atoms with Crippen LogP contribution in [0.15, 0.2) is 29.3 Å². The maximum Gasteiger partial charge on any atom is 0.416 e. The van der Waals surface area contributed by atoms with E-state index in [2.05, 4.69) is 0 Å². The van der Waals surface area contributed by atoms with Gasteiger partial charge in [-0.15, -0.1) is 0 Å². The van der Waals surface area contributed by atoms with Gasteiger partial charge in [0.25, 0.3) is 5.92 Å². The van der Waals surface area contributed by atoms with Crippen LogP contribution in [0.3, 0.4) is 0 Å². The number of alkyl halides is 2. The number of hydrogen-bond donors (Lipinski definition) is 0. The van der Waals surface area contributed by atoms with E-state index >= 15 is 0 Å². The second-order valence-corrected chi connectivity index (χ2v) is 11.1. The zero-order valence-corrected chi connectivity index (χ0v) is 22.2. The van der Waals surface area contributed by atoms with Crippen molar-refractivity contribution in [1.29, 1.82) is 0 Å². The molecule has 1 aromatic carbocycles. The molecule has 2 aliphatic heterocycles. The number of aliphatic imine (C=N–C) groups is 1. The van der Waals surface area contributed by atoms with Gasteiger partial charge in [-0.1, -0.05) is 37.7 Å². The lowest BCUT2D eigenvalue weighted by atomic mass is 9.87. The van der Waals surface area contributed by atoms with E-state index in [0.717, 1.165) is 18.2 Å². The van der Waals surface area contributed by atoms with Crippen molar-refractivity contribution in [3.63, 3.8) is 0 Å². The quantitative estimate of drug-likeness (QED) is 0.464. The summed E-state index contributed by atoms with van der Waals surface area (Å²) >= 11 is 1.17. The lowest BCUT2D eigenvalue weighted by molar-refractivity contribution is -0.212. The summed E-state index contributed by atoms with van der Waals surface area (Å²) in [6.07, 6.45) is -1.81. The third kappa shape index (κ3) is 6.86. The molecule has 0 bridgehead atoms. The van der Waals surface area contributed by atoms with Gasteiger partial charge in [-0.3, -0.25) is 9.89 Å². The Morgan fingerprint density at radius 3 is 2.40 bits per heavy atom. The van der Waals surface area contributed by atoms with E-state index in [9.17, 15) is 13.6 Å². The number of nitrogens with zero attached hydrogens (tertiary/aromatic N) is 2. The topological polar surface area (TPSA) is 69.6 Å². The number of methoxy groups -OCH3 is 1. The van der Waals surface area contributed by atoms with Crippen LogP contribution >= 0.6 is 11.8 Å². The number of halogens is 2. The average molecular weight is 515 g/mol. The summed E-state index contributed by atoms with van der Waals surface area (Å²) in [5.74, 6) is -2.97. The first-order valence-corrected chi connectivity index (χ1v) is 12.7. The molecule has 0 saturated carbocycles. The molecule has 10 heteroatoms. The van der Waals surface area contributed by atoms with Crippen LogP contribution in [0.1, 0.15) is 53.5 Å². The van der Waals surface area contributed by atoms with Gasteiger partial charge in [0.1, 0.15) is 28.9 Å². The van der Waals surface area contributed by atoms with Crippen LogP contribution in [0, 0.1) is 5.92 Å². The predicted octanol–water partition coefficient (Wildman–Crippen LogP) is 5.72. The molecule has 7 nitrogen and oxygen atoms in total. The molecule has 2 aliphatic rings. The molecule has 1 aromatic rings. The largest absolute Gasteiger partial charge is 0.497 e. The van der Waals surface area contributed by atoms with E-state index < -0.39 is 47.2 Å². The monoisotopic (exact) mass is 514 g/mol. The first-order chi connectivity index (χ1) is 16.3. The second-order valence-electron chi connectivity index (χ2n) is 10.0. The van der Waals surface area contributed by atoms with Crippen molar-refractivity contribution in [3.8, 4) is 5.75 Å². The third-order valence-electron chi connectivity index (χ3n) is 5.77. The minimum Gasteiger partial charge on any atom is -0.497 e.